The van der Waals surface area contributed by atoms with E-state index < -0.39 is 6.17 Å². The van der Waals surface area contributed by atoms with Crippen LogP contribution in [0.1, 0.15) is 13.3 Å². The molecule has 0 N–H and O–H groups in total. The zero-order valence-electron chi connectivity index (χ0n) is 5.30. The second-order valence-electron chi connectivity index (χ2n) is 2.12. The number of hydrogen-bond donors (Lipinski definition) is 0. The summed E-state index contributed by atoms with van der Waals surface area (Å²) in [5, 5.41) is 0. The Labute approximate surface area is 71.9 Å². The summed E-state index contributed by atoms with van der Waals surface area (Å²) >= 11 is 0. The SMILES string of the molecule is CC1=CC=CC(F)C1.I. The molecule has 1 unspecified atom stereocenters. The van der Waals surface area contributed by atoms with E-state index >= 15 is 0 Å². The highest BCUT2D eigenvalue weighted by molar-refractivity contribution is 14.0. The summed E-state index contributed by atoms with van der Waals surface area (Å²) in [5.41, 5.74) is 1.13. The highest BCUT2D eigenvalue weighted by Crippen LogP contribution is 2.13. The molecule has 0 aromatic carbocycles. The van der Waals surface area contributed by atoms with Gasteiger partial charge in [-0.25, -0.2) is 4.39 Å². The lowest BCUT2D eigenvalue weighted by molar-refractivity contribution is 0.395. The molecule has 1 aliphatic carbocycles. The maximum absolute atomic E-state index is 12.3. The van der Waals surface area contributed by atoms with Crippen molar-refractivity contribution in [1.29, 1.82) is 0 Å². The van der Waals surface area contributed by atoms with Gasteiger partial charge in [-0.3, -0.25) is 0 Å². The third-order valence-corrected chi connectivity index (χ3v) is 1.22. The van der Waals surface area contributed by atoms with Gasteiger partial charge in [0.05, 0.1) is 0 Å². The first kappa shape index (κ1) is 9.14. The van der Waals surface area contributed by atoms with Gasteiger partial charge in [-0.1, -0.05) is 23.8 Å². The Morgan fingerprint density at radius 3 is 2.67 bits per heavy atom. The van der Waals surface area contributed by atoms with Crippen molar-refractivity contribution < 1.29 is 4.39 Å². The van der Waals surface area contributed by atoms with Crippen LogP contribution < -0.4 is 0 Å². The molecule has 0 bridgehead atoms. The molecule has 0 saturated carbocycles. The van der Waals surface area contributed by atoms with Crippen LogP contribution in [0.2, 0.25) is 0 Å². The molecule has 1 atom stereocenters. The second-order valence-corrected chi connectivity index (χ2v) is 2.12. The Bertz CT molecular complexity index is 138. The van der Waals surface area contributed by atoms with Crippen molar-refractivity contribution in [3.05, 3.63) is 23.8 Å². The van der Waals surface area contributed by atoms with E-state index in [0.29, 0.717) is 6.42 Å². The van der Waals surface area contributed by atoms with Gasteiger partial charge in [0.1, 0.15) is 6.17 Å². The van der Waals surface area contributed by atoms with Crippen LogP contribution >= 0.6 is 24.0 Å². The van der Waals surface area contributed by atoms with Crippen molar-refractivity contribution in [2.45, 2.75) is 19.5 Å². The average molecular weight is 240 g/mol. The fourth-order valence-electron chi connectivity index (χ4n) is 0.784. The van der Waals surface area contributed by atoms with Gasteiger partial charge in [0.15, 0.2) is 0 Å². The van der Waals surface area contributed by atoms with Crippen LogP contribution in [-0.2, 0) is 0 Å². The van der Waals surface area contributed by atoms with E-state index in [4.69, 9.17) is 0 Å². The molecule has 0 aromatic rings. The summed E-state index contributed by atoms with van der Waals surface area (Å²) < 4.78 is 12.3. The summed E-state index contributed by atoms with van der Waals surface area (Å²) in [5.74, 6) is 0. The van der Waals surface area contributed by atoms with Gasteiger partial charge in [-0.05, 0) is 6.92 Å². The predicted molar refractivity (Wildman–Crippen MR) is 47.8 cm³/mol. The zero-order valence-corrected chi connectivity index (χ0v) is 7.63. The summed E-state index contributed by atoms with van der Waals surface area (Å²) in [7, 11) is 0. The number of rotatable bonds is 0. The fraction of sp³-hybridized carbons (Fsp3) is 0.429. The first-order valence-corrected chi connectivity index (χ1v) is 2.77. The van der Waals surface area contributed by atoms with E-state index in [2.05, 4.69) is 0 Å². The normalized spacial score (nSPS) is 24.7. The summed E-state index contributed by atoms with van der Waals surface area (Å²) in [6.45, 7) is 1.94. The van der Waals surface area contributed by atoms with Crippen molar-refractivity contribution in [3.63, 3.8) is 0 Å². The van der Waals surface area contributed by atoms with Crippen molar-refractivity contribution in [3.8, 4) is 0 Å². The summed E-state index contributed by atoms with van der Waals surface area (Å²) in [6.07, 6.45) is 5.13. The van der Waals surface area contributed by atoms with Gasteiger partial charge in [0.2, 0.25) is 0 Å². The molecule has 0 aliphatic heterocycles. The van der Waals surface area contributed by atoms with Crippen LogP contribution in [0.4, 0.5) is 4.39 Å². The molecule has 0 saturated heterocycles. The highest BCUT2D eigenvalue weighted by Gasteiger charge is 2.04. The number of allylic oxidation sites excluding steroid dienone is 4. The van der Waals surface area contributed by atoms with E-state index in [0.717, 1.165) is 5.57 Å². The van der Waals surface area contributed by atoms with Crippen LogP contribution in [0.5, 0.6) is 0 Å². The zero-order chi connectivity index (χ0) is 5.98. The minimum absolute atomic E-state index is 0. The van der Waals surface area contributed by atoms with Crippen LogP contribution in [0.3, 0.4) is 0 Å². The molecule has 0 spiro atoms. The molecule has 0 fully saturated rings. The molecule has 0 radical (unpaired) electrons. The summed E-state index contributed by atoms with van der Waals surface area (Å²) in [6, 6.07) is 0. The number of halogens is 2. The minimum Gasteiger partial charge on any atom is -0.243 e. The van der Waals surface area contributed by atoms with E-state index in [-0.39, 0.29) is 24.0 Å². The Morgan fingerprint density at radius 1 is 1.67 bits per heavy atom. The molecule has 9 heavy (non-hydrogen) atoms. The lowest BCUT2D eigenvalue weighted by Gasteiger charge is -2.05. The maximum Gasteiger partial charge on any atom is 0.122 e. The monoisotopic (exact) mass is 240 g/mol. The van der Waals surface area contributed by atoms with Gasteiger partial charge in [-0.15, -0.1) is 24.0 Å². The molecule has 0 amide bonds. The molecule has 2 heteroatoms. The summed E-state index contributed by atoms with van der Waals surface area (Å²) in [4.78, 5) is 0. The fourth-order valence-corrected chi connectivity index (χ4v) is 0.784. The van der Waals surface area contributed by atoms with Crippen molar-refractivity contribution >= 4 is 24.0 Å². The average Bonchev–Trinajstić information content (AvgIpc) is 1.64. The lowest BCUT2D eigenvalue weighted by atomic mass is 10.1. The smallest absolute Gasteiger partial charge is 0.122 e. The molecule has 1 rings (SSSR count). The maximum atomic E-state index is 12.3. The van der Waals surface area contributed by atoms with Crippen molar-refractivity contribution in [2.75, 3.05) is 0 Å². The van der Waals surface area contributed by atoms with E-state index in [1.54, 1.807) is 12.2 Å². The number of alkyl halides is 1. The molecule has 0 nitrogen and oxygen atoms in total. The van der Waals surface area contributed by atoms with E-state index in [1.807, 2.05) is 13.0 Å². The molecular formula is C7H10FI. The van der Waals surface area contributed by atoms with Crippen LogP contribution in [0.25, 0.3) is 0 Å². The second kappa shape index (κ2) is 4.04. The third-order valence-electron chi connectivity index (χ3n) is 1.22. The molecule has 52 valence electrons. The van der Waals surface area contributed by atoms with Gasteiger partial charge in [0, 0.05) is 6.42 Å². The standard InChI is InChI=1S/C7H9F.HI/c1-6-3-2-4-7(8)5-6;/h2-4,7H,5H2,1H3;1H. The molecule has 0 aromatic heterocycles. The van der Waals surface area contributed by atoms with Crippen molar-refractivity contribution in [1.82, 2.24) is 0 Å². The minimum atomic E-state index is -0.736. The highest BCUT2D eigenvalue weighted by atomic mass is 127. The van der Waals surface area contributed by atoms with E-state index in [1.165, 1.54) is 0 Å². The van der Waals surface area contributed by atoms with Gasteiger partial charge in [-0.2, -0.15) is 0 Å². The van der Waals surface area contributed by atoms with Gasteiger partial charge in [0.25, 0.3) is 0 Å². The van der Waals surface area contributed by atoms with E-state index in [9.17, 15) is 4.39 Å². The van der Waals surface area contributed by atoms with Crippen LogP contribution in [-0.4, -0.2) is 6.17 Å². The lowest BCUT2D eigenvalue weighted by Crippen LogP contribution is -1.98. The largest absolute Gasteiger partial charge is 0.243 e. The molecular weight excluding hydrogens is 230 g/mol. The molecule has 0 heterocycles. The van der Waals surface area contributed by atoms with Crippen LogP contribution in [0.15, 0.2) is 23.8 Å². The quantitative estimate of drug-likeness (QED) is 0.571. The van der Waals surface area contributed by atoms with Gasteiger partial charge < -0.3 is 0 Å². The Balaban J connectivity index is 0.000000640. The topological polar surface area (TPSA) is 0 Å². The van der Waals surface area contributed by atoms with Crippen LogP contribution in [0, 0.1) is 0 Å². The first-order chi connectivity index (χ1) is 3.79. The number of hydrogen-bond acceptors (Lipinski definition) is 0. The Morgan fingerprint density at radius 2 is 2.33 bits per heavy atom. The predicted octanol–water partition coefficient (Wildman–Crippen LogP) is 2.85. The van der Waals surface area contributed by atoms with Gasteiger partial charge >= 0.3 is 0 Å². The first-order valence-electron chi connectivity index (χ1n) is 2.77. The van der Waals surface area contributed by atoms with Crippen molar-refractivity contribution in [2.24, 2.45) is 0 Å². The third kappa shape index (κ3) is 2.98. The molecule has 1 aliphatic rings. The Hall–Kier alpha value is 0.140. The Kier molecular flexibility index (Phi) is 4.10.